The van der Waals surface area contributed by atoms with E-state index in [0.717, 1.165) is 0 Å². The van der Waals surface area contributed by atoms with Gasteiger partial charge in [-0.2, -0.15) is 5.10 Å². The molecule has 0 saturated heterocycles. The molecule has 2 amide bonds. The molecule has 7 nitrogen and oxygen atoms in total. The molecule has 0 aliphatic heterocycles. The standard InChI is InChI=1S/C18H16N4O3/c1-11(23)20-13-8-6-12(7-9-13)17(24)19-10-16-14-4-2-3-5-15(14)18(25)22-21-16/h2-9H,10H2,1H3,(H,19,24)(H,20,23)(H,22,25). The molecular weight excluding hydrogens is 320 g/mol. The second kappa shape index (κ2) is 6.96. The van der Waals surface area contributed by atoms with Crippen molar-refractivity contribution in [1.29, 1.82) is 0 Å². The first-order valence-corrected chi connectivity index (χ1v) is 7.67. The highest BCUT2D eigenvalue weighted by atomic mass is 16.2. The maximum Gasteiger partial charge on any atom is 0.272 e. The van der Waals surface area contributed by atoms with Gasteiger partial charge in [-0.25, -0.2) is 5.10 Å². The van der Waals surface area contributed by atoms with Crippen LogP contribution in [0, 0.1) is 0 Å². The minimum Gasteiger partial charge on any atom is -0.346 e. The van der Waals surface area contributed by atoms with Crippen molar-refractivity contribution in [2.45, 2.75) is 13.5 Å². The van der Waals surface area contributed by atoms with Crippen molar-refractivity contribution in [3.05, 3.63) is 70.1 Å². The van der Waals surface area contributed by atoms with Crippen molar-refractivity contribution in [2.75, 3.05) is 5.32 Å². The lowest BCUT2D eigenvalue weighted by atomic mass is 10.1. The van der Waals surface area contributed by atoms with Crippen LogP contribution >= 0.6 is 0 Å². The van der Waals surface area contributed by atoms with Crippen molar-refractivity contribution in [2.24, 2.45) is 0 Å². The largest absolute Gasteiger partial charge is 0.346 e. The van der Waals surface area contributed by atoms with Gasteiger partial charge in [0.15, 0.2) is 0 Å². The number of aromatic nitrogens is 2. The fourth-order valence-corrected chi connectivity index (χ4v) is 2.48. The van der Waals surface area contributed by atoms with Crippen molar-refractivity contribution >= 4 is 28.3 Å². The molecule has 0 radical (unpaired) electrons. The van der Waals surface area contributed by atoms with Crippen LogP contribution in [0.5, 0.6) is 0 Å². The lowest BCUT2D eigenvalue weighted by molar-refractivity contribution is -0.114. The number of hydrogen-bond donors (Lipinski definition) is 3. The summed E-state index contributed by atoms with van der Waals surface area (Å²) in [6.07, 6.45) is 0. The number of H-pyrrole nitrogens is 1. The second-order valence-electron chi connectivity index (χ2n) is 5.49. The number of benzene rings is 2. The van der Waals surface area contributed by atoms with E-state index in [-0.39, 0.29) is 23.9 Å². The first-order valence-electron chi connectivity index (χ1n) is 7.67. The summed E-state index contributed by atoms with van der Waals surface area (Å²) in [5.41, 5.74) is 1.40. The zero-order valence-corrected chi connectivity index (χ0v) is 13.5. The molecule has 25 heavy (non-hydrogen) atoms. The zero-order chi connectivity index (χ0) is 17.8. The molecule has 0 fully saturated rings. The maximum absolute atomic E-state index is 12.3. The van der Waals surface area contributed by atoms with Gasteiger partial charge in [-0.1, -0.05) is 18.2 Å². The summed E-state index contributed by atoms with van der Waals surface area (Å²) in [5.74, 6) is -0.445. The number of anilines is 1. The number of amides is 2. The third-order valence-electron chi connectivity index (χ3n) is 3.66. The van der Waals surface area contributed by atoms with E-state index in [4.69, 9.17) is 0 Å². The van der Waals surface area contributed by atoms with Crippen molar-refractivity contribution in [1.82, 2.24) is 15.5 Å². The van der Waals surface area contributed by atoms with Crippen LogP contribution in [0.4, 0.5) is 5.69 Å². The Bertz CT molecular complexity index is 993. The molecule has 1 heterocycles. The predicted octanol–water partition coefficient (Wildman–Crippen LogP) is 1.81. The number of carbonyl (C=O) groups is 2. The first-order chi connectivity index (χ1) is 12.0. The number of nitrogens with zero attached hydrogens (tertiary/aromatic N) is 1. The van der Waals surface area contributed by atoms with Crippen LogP contribution in [0.1, 0.15) is 23.0 Å². The predicted molar refractivity (Wildman–Crippen MR) is 94.3 cm³/mol. The van der Waals surface area contributed by atoms with E-state index >= 15 is 0 Å². The average molecular weight is 336 g/mol. The Hall–Kier alpha value is -3.48. The van der Waals surface area contributed by atoms with Crippen LogP contribution < -0.4 is 16.2 Å². The summed E-state index contributed by atoms with van der Waals surface area (Å²) >= 11 is 0. The smallest absolute Gasteiger partial charge is 0.272 e. The van der Waals surface area contributed by atoms with Crippen LogP contribution in [-0.2, 0) is 11.3 Å². The molecule has 2 aromatic carbocycles. The van der Waals surface area contributed by atoms with E-state index in [2.05, 4.69) is 20.8 Å². The van der Waals surface area contributed by atoms with E-state index in [0.29, 0.717) is 27.7 Å². The number of aromatic amines is 1. The summed E-state index contributed by atoms with van der Waals surface area (Å²) in [7, 11) is 0. The fourth-order valence-electron chi connectivity index (χ4n) is 2.48. The third kappa shape index (κ3) is 3.72. The van der Waals surface area contributed by atoms with E-state index in [9.17, 15) is 14.4 Å². The molecule has 0 aliphatic carbocycles. The number of rotatable bonds is 4. The Kier molecular flexibility index (Phi) is 4.56. The Balaban J connectivity index is 1.73. The molecule has 126 valence electrons. The third-order valence-corrected chi connectivity index (χ3v) is 3.66. The minimum atomic E-state index is -0.272. The number of hydrogen-bond acceptors (Lipinski definition) is 4. The highest BCUT2D eigenvalue weighted by Gasteiger charge is 2.09. The zero-order valence-electron chi connectivity index (χ0n) is 13.5. The van der Waals surface area contributed by atoms with Crippen LogP contribution in [0.3, 0.4) is 0 Å². The van der Waals surface area contributed by atoms with Gasteiger partial charge in [0.1, 0.15) is 0 Å². The van der Waals surface area contributed by atoms with Crippen molar-refractivity contribution < 1.29 is 9.59 Å². The molecule has 3 aromatic rings. The summed E-state index contributed by atoms with van der Waals surface area (Å²) < 4.78 is 0. The average Bonchev–Trinajstić information content (AvgIpc) is 2.61. The Morgan fingerprint density at radius 1 is 1.04 bits per heavy atom. The molecular formula is C18H16N4O3. The van der Waals surface area contributed by atoms with Crippen LogP contribution in [0.25, 0.3) is 10.8 Å². The first kappa shape index (κ1) is 16.4. The quantitative estimate of drug-likeness (QED) is 0.676. The molecule has 0 spiro atoms. The Morgan fingerprint density at radius 3 is 2.40 bits per heavy atom. The lowest BCUT2D eigenvalue weighted by Crippen LogP contribution is -2.24. The molecule has 0 atom stereocenters. The van der Waals surface area contributed by atoms with Gasteiger partial charge in [0.25, 0.3) is 11.5 Å². The molecule has 0 unspecified atom stereocenters. The second-order valence-corrected chi connectivity index (χ2v) is 5.49. The topological polar surface area (TPSA) is 104 Å². The van der Waals surface area contributed by atoms with Gasteiger partial charge in [-0.15, -0.1) is 0 Å². The molecule has 1 aromatic heterocycles. The SMILES string of the molecule is CC(=O)Nc1ccc(C(=O)NCc2n[nH]c(=O)c3ccccc23)cc1. The minimum absolute atomic E-state index is 0.173. The van der Waals surface area contributed by atoms with Gasteiger partial charge in [0, 0.05) is 23.6 Å². The van der Waals surface area contributed by atoms with E-state index in [1.54, 1.807) is 42.5 Å². The molecule has 0 saturated carbocycles. The van der Waals surface area contributed by atoms with E-state index in [1.807, 2.05) is 6.07 Å². The van der Waals surface area contributed by atoms with Crippen molar-refractivity contribution in [3.8, 4) is 0 Å². The molecule has 0 aliphatic rings. The highest BCUT2D eigenvalue weighted by molar-refractivity contribution is 5.95. The Morgan fingerprint density at radius 2 is 1.72 bits per heavy atom. The number of carbonyl (C=O) groups excluding carboxylic acids is 2. The van der Waals surface area contributed by atoms with E-state index in [1.165, 1.54) is 6.92 Å². The van der Waals surface area contributed by atoms with Gasteiger partial charge >= 0.3 is 0 Å². The Labute approximate surface area is 143 Å². The summed E-state index contributed by atoms with van der Waals surface area (Å²) in [6, 6.07) is 13.7. The van der Waals surface area contributed by atoms with Gasteiger partial charge in [0.2, 0.25) is 5.91 Å². The van der Waals surface area contributed by atoms with Crippen LogP contribution in [-0.4, -0.2) is 22.0 Å². The fraction of sp³-hybridized carbons (Fsp3) is 0.111. The normalized spacial score (nSPS) is 10.4. The number of nitrogens with one attached hydrogen (secondary N) is 3. The van der Waals surface area contributed by atoms with Gasteiger partial charge < -0.3 is 10.6 Å². The highest BCUT2D eigenvalue weighted by Crippen LogP contribution is 2.13. The maximum atomic E-state index is 12.3. The van der Waals surface area contributed by atoms with Gasteiger partial charge in [-0.05, 0) is 30.3 Å². The van der Waals surface area contributed by atoms with Crippen LogP contribution in [0.2, 0.25) is 0 Å². The summed E-state index contributed by atoms with van der Waals surface area (Å²) in [5, 5.41) is 13.1. The van der Waals surface area contributed by atoms with Gasteiger partial charge in [-0.3, -0.25) is 14.4 Å². The molecule has 3 N–H and O–H groups in total. The monoisotopic (exact) mass is 336 g/mol. The van der Waals surface area contributed by atoms with Crippen molar-refractivity contribution in [3.63, 3.8) is 0 Å². The molecule has 3 rings (SSSR count). The summed E-state index contributed by atoms with van der Waals surface area (Å²) in [6.45, 7) is 1.60. The molecule has 0 bridgehead atoms. The van der Waals surface area contributed by atoms with Gasteiger partial charge in [0.05, 0.1) is 17.6 Å². The number of fused-ring (bicyclic) bond motifs is 1. The summed E-state index contributed by atoms with van der Waals surface area (Å²) in [4.78, 5) is 35.0. The lowest BCUT2D eigenvalue weighted by Gasteiger charge is -2.08. The molecule has 7 heteroatoms. The van der Waals surface area contributed by atoms with Crippen LogP contribution in [0.15, 0.2) is 53.3 Å². The van der Waals surface area contributed by atoms with E-state index < -0.39 is 0 Å².